The van der Waals surface area contributed by atoms with E-state index < -0.39 is 0 Å². The number of nitrogens with one attached hydrogen (secondary N) is 1. The van der Waals surface area contributed by atoms with Crippen molar-refractivity contribution in [2.24, 2.45) is 10.8 Å². The topological polar surface area (TPSA) is 72.1 Å². The first-order chi connectivity index (χ1) is 8.33. The Morgan fingerprint density at radius 2 is 2.18 bits per heavy atom. The number of nitrogens with two attached hydrogens (primary N) is 1. The molecular weight excluding hydrogens is 220 g/mol. The minimum absolute atomic E-state index is 0.353. The second kappa shape index (κ2) is 6.18. The van der Waals surface area contributed by atoms with Gasteiger partial charge in [-0.2, -0.15) is 0 Å². The van der Waals surface area contributed by atoms with E-state index >= 15 is 0 Å². The SMILES string of the molecule is COCCCN=C(NN)N1CC2CCC(C1)O2. The number of guanidine groups is 1. The Balaban J connectivity index is 1.84. The van der Waals surface area contributed by atoms with E-state index in [0.29, 0.717) is 12.2 Å². The van der Waals surface area contributed by atoms with Crippen molar-refractivity contribution < 1.29 is 9.47 Å². The zero-order chi connectivity index (χ0) is 12.1. The number of hydrogen-bond acceptors (Lipinski definition) is 4. The smallest absolute Gasteiger partial charge is 0.208 e. The van der Waals surface area contributed by atoms with Crippen LogP contribution in [0.4, 0.5) is 0 Å². The van der Waals surface area contributed by atoms with Crippen LogP contribution in [0.1, 0.15) is 19.3 Å². The van der Waals surface area contributed by atoms with Gasteiger partial charge in [-0.3, -0.25) is 10.4 Å². The number of ether oxygens (including phenoxy) is 2. The maximum atomic E-state index is 5.78. The van der Waals surface area contributed by atoms with E-state index in [1.165, 1.54) is 0 Å². The molecule has 98 valence electrons. The second-order valence-corrected chi connectivity index (χ2v) is 4.56. The monoisotopic (exact) mass is 242 g/mol. The molecule has 2 rings (SSSR count). The average molecular weight is 242 g/mol. The van der Waals surface area contributed by atoms with Gasteiger partial charge in [0, 0.05) is 33.4 Å². The molecule has 2 saturated heterocycles. The number of hydrogen-bond donors (Lipinski definition) is 2. The van der Waals surface area contributed by atoms with Crippen molar-refractivity contribution in [3.63, 3.8) is 0 Å². The number of fused-ring (bicyclic) bond motifs is 2. The third-order valence-electron chi connectivity index (χ3n) is 3.24. The van der Waals surface area contributed by atoms with Crippen molar-refractivity contribution >= 4 is 5.96 Å². The van der Waals surface area contributed by atoms with Crippen LogP contribution in [0.3, 0.4) is 0 Å². The predicted octanol–water partition coefficient (Wildman–Crippen LogP) is -0.295. The molecule has 0 aliphatic carbocycles. The van der Waals surface area contributed by atoms with Crippen LogP contribution in [0, 0.1) is 0 Å². The zero-order valence-electron chi connectivity index (χ0n) is 10.4. The van der Waals surface area contributed by atoms with E-state index in [0.717, 1.165) is 51.5 Å². The number of morpholine rings is 1. The summed E-state index contributed by atoms with van der Waals surface area (Å²) in [5.41, 5.74) is 2.70. The number of rotatable bonds is 4. The molecule has 0 saturated carbocycles. The number of aliphatic imine (C=N–C) groups is 1. The Hall–Kier alpha value is -0.850. The van der Waals surface area contributed by atoms with Crippen LogP contribution in [0.25, 0.3) is 0 Å². The van der Waals surface area contributed by atoms with Crippen LogP contribution in [0.2, 0.25) is 0 Å². The van der Waals surface area contributed by atoms with Gasteiger partial charge < -0.3 is 14.4 Å². The number of nitrogens with zero attached hydrogens (tertiary/aromatic N) is 2. The largest absolute Gasteiger partial charge is 0.385 e. The van der Waals surface area contributed by atoms with Crippen molar-refractivity contribution in [3.8, 4) is 0 Å². The molecule has 2 aliphatic rings. The molecular formula is C11H22N4O2. The highest BCUT2D eigenvalue weighted by atomic mass is 16.5. The lowest BCUT2D eigenvalue weighted by atomic mass is 10.2. The van der Waals surface area contributed by atoms with Crippen molar-refractivity contribution in [1.29, 1.82) is 0 Å². The average Bonchev–Trinajstić information content (AvgIpc) is 2.68. The van der Waals surface area contributed by atoms with Crippen molar-refractivity contribution in [2.45, 2.75) is 31.5 Å². The molecule has 0 aromatic rings. The first-order valence-electron chi connectivity index (χ1n) is 6.24. The standard InChI is InChI=1S/C11H22N4O2/c1-16-6-2-5-13-11(14-12)15-7-9-3-4-10(8-15)17-9/h9-10H,2-8,12H2,1H3,(H,13,14). The summed E-state index contributed by atoms with van der Waals surface area (Å²) >= 11 is 0. The fourth-order valence-corrected chi connectivity index (χ4v) is 2.42. The Morgan fingerprint density at radius 3 is 2.76 bits per heavy atom. The fourth-order valence-electron chi connectivity index (χ4n) is 2.42. The Morgan fingerprint density at radius 1 is 1.47 bits per heavy atom. The van der Waals surface area contributed by atoms with E-state index in [9.17, 15) is 0 Å². The van der Waals surface area contributed by atoms with Gasteiger partial charge in [-0.15, -0.1) is 0 Å². The molecule has 0 radical (unpaired) electrons. The molecule has 0 aromatic heterocycles. The second-order valence-electron chi connectivity index (χ2n) is 4.56. The van der Waals surface area contributed by atoms with E-state index in [4.69, 9.17) is 15.3 Å². The molecule has 3 N–H and O–H groups in total. The minimum Gasteiger partial charge on any atom is -0.385 e. The van der Waals surface area contributed by atoms with Gasteiger partial charge in [-0.05, 0) is 19.3 Å². The number of likely N-dealkylation sites (tertiary alicyclic amines) is 1. The molecule has 0 spiro atoms. The van der Waals surface area contributed by atoms with E-state index in [1.807, 2.05) is 0 Å². The van der Waals surface area contributed by atoms with Crippen LogP contribution in [0.15, 0.2) is 4.99 Å². The molecule has 0 amide bonds. The predicted molar refractivity (Wildman–Crippen MR) is 65.6 cm³/mol. The summed E-state index contributed by atoms with van der Waals surface area (Å²) in [4.78, 5) is 6.66. The van der Waals surface area contributed by atoms with Gasteiger partial charge in [0.15, 0.2) is 0 Å². The molecule has 2 fully saturated rings. The third-order valence-corrected chi connectivity index (χ3v) is 3.24. The minimum atomic E-state index is 0.353. The molecule has 6 nitrogen and oxygen atoms in total. The van der Waals surface area contributed by atoms with Crippen LogP contribution >= 0.6 is 0 Å². The van der Waals surface area contributed by atoms with E-state index in [-0.39, 0.29) is 0 Å². The van der Waals surface area contributed by atoms with Gasteiger partial charge in [0.25, 0.3) is 0 Å². The molecule has 2 bridgehead atoms. The highest BCUT2D eigenvalue weighted by Gasteiger charge is 2.34. The fraction of sp³-hybridized carbons (Fsp3) is 0.909. The molecule has 2 unspecified atom stereocenters. The maximum Gasteiger partial charge on any atom is 0.208 e. The summed E-state index contributed by atoms with van der Waals surface area (Å²) in [6.45, 7) is 3.25. The number of hydrazine groups is 1. The molecule has 17 heavy (non-hydrogen) atoms. The van der Waals surface area contributed by atoms with Gasteiger partial charge >= 0.3 is 0 Å². The summed E-state index contributed by atoms with van der Waals surface area (Å²) in [5.74, 6) is 6.31. The van der Waals surface area contributed by atoms with Crippen molar-refractivity contribution in [1.82, 2.24) is 10.3 Å². The highest BCUT2D eigenvalue weighted by Crippen LogP contribution is 2.25. The van der Waals surface area contributed by atoms with Crippen LogP contribution in [-0.2, 0) is 9.47 Å². The first kappa shape index (κ1) is 12.6. The van der Waals surface area contributed by atoms with Crippen molar-refractivity contribution in [2.75, 3.05) is 33.4 Å². The Kier molecular flexibility index (Phi) is 4.58. The molecule has 2 heterocycles. The normalized spacial score (nSPS) is 28.6. The Labute approximate surface area is 102 Å². The van der Waals surface area contributed by atoms with Crippen LogP contribution in [0.5, 0.6) is 0 Å². The molecule has 0 aromatic carbocycles. The van der Waals surface area contributed by atoms with Crippen LogP contribution in [-0.4, -0.2) is 56.4 Å². The summed E-state index contributed by atoms with van der Waals surface area (Å²) in [7, 11) is 1.70. The van der Waals surface area contributed by atoms with Gasteiger partial charge in [-0.25, -0.2) is 5.84 Å². The molecule has 6 heteroatoms. The lowest BCUT2D eigenvalue weighted by molar-refractivity contribution is -0.0168. The lowest BCUT2D eigenvalue weighted by Crippen LogP contribution is -2.52. The van der Waals surface area contributed by atoms with Gasteiger partial charge in [0.2, 0.25) is 5.96 Å². The highest BCUT2D eigenvalue weighted by molar-refractivity contribution is 5.79. The van der Waals surface area contributed by atoms with Gasteiger partial charge in [0.1, 0.15) is 0 Å². The molecule has 2 aliphatic heterocycles. The van der Waals surface area contributed by atoms with E-state index in [1.54, 1.807) is 7.11 Å². The summed E-state index contributed by atoms with van der Waals surface area (Å²) < 4.78 is 10.8. The summed E-state index contributed by atoms with van der Waals surface area (Å²) in [5, 5.41) is 0. The maximum absolute atomic E-state index is 5.78. The summed E-state index contributed by atoms with van der Waals surface area (Å²) in [6.07, 6.45) is 3.93. The third kappa shape index (κ3) is 3.31. The summed E-state index contributed by atoms with van der Waals surface area (Å²) in [6, 6.07) is 0. The van der Waals surface area contributed by atoms with Crippen LogP contribution < -0.4 is 11.3 Å². The number of methoxy groups -OCH3 is 1. The first-order valence-corrected chi connectivity index (χ1v) is 6.24. The quantitative estimate of drug-likeness (QED) is 0.233. The Bertz CT molecular complexity index is 260. The molecule has 2 atom stereocenters. The van der Waals surface area contributed by atoms with Gasteiger partial charge in [-0.1, -0.05) is 0 Å². The van der Waals surface area contributed by atoms with E-state index in [2.05, 4.69) is 15.3 Å². The van der Waals surface area contributed by atoms with Crippen molar-refractivity contribution in [3.05, 3.63) is 0 Å². The zero-order valence-corrected chi connectivity index (χ0v) is 10.4. The van der Waals surface area contributed by atoms with Gasteiger partial charge in [0.05, 0.1) is 12.2 Å². The lowest BCUT2D eigenvalue weighted by Gasteiger charge is -2.33.